The number of benzene rings is 1. The lowest BCUT2D eigenvalue weighted by Crippen LogP contribution is -2.21. The molecule has 1 aliphatic carbocycles. The third-order valence-corrected chi connectivity index (χ3v) is 3.86. The van der Waals surface area contributed by atoms with Crippen LogP contribution in [0.25, 0.3) is 0 Å². The van der Waals surface area contributed by atoms with Gasteiger partial charge < -0.3 is 10.6 Å². The van der Waals surface area contributed by atoms with Crippen LogP contribution in [0.4, 0.5) is 11.5 Å². The Labute approximate surface area is 119 Å². The third kappa shape index (κ3) is 2.59. The number of aromatic nitrogens is 2. The number of nitrogens with zero attached hydrogens (tertiary/aromatic N) is 3. The quantitative estimate of drug-likeness (QED) is 0.869. The van der Waals surface area contributed by atoms with Crippen LogP contribution in [0.15, 0.2) is 30.6 Å². The Balaban J connectivity index is 1.83. The van der Waals surface area contributed by atoms with Crippen molar-refractivity contribution in [3.63, 3.8) is 0 Å². The van der Waals surface area contributed by atoms with Gasteiger partial charge >= 0.3 is 0 Å². The third-order valence-electron chi connectivity index (χ3n) is 3.86. The molecule has 1 aliphatic rings. The molecule has 1 heterocycles. The van der Waals surface area contributed by atoms with Crippen LogP contribution in [0.1, 0.15) is 29.7 Å². The van der Waals surface area contributed by atoms with Gasteiger partial charge in [0.1, 0.15) is 12.1 Å². The first-order valence-corrected chi connectivity index (χ1v) is 7.12. The fourth-order valence-corrected chi connectivity index (χ4v) is 2.80. The number of hydrogen-bond donors (Lipinski definition) is 1. The van der Waals surface area contributed by atoms with Gasteiger partial charge in [-0.05, 0) is 43.4 Å². The second kappa shape index (κ2) is 5.49. The highest BCUT2D eigenvalue weighted by atomic mass is 15.2. The molecule has 3 rings (SSSR count). The molecule has 0 spiro atoms. The van der Waals surface area contributed by atoms with E-state index in [-0.39, 0.29) is 0 Å². The Morgan fingerprint density at radius 3 is 2.65 bits per heavy atom. The molecule has 2 N–H and O–H groups in total. The summed E-state index contributed by atoms with van der Waals surface area (Å²) in [6.45, 7) is 0.837. The molecular weight excluding hydrogens is 248 g/mol. The summed E-state index contributed by atoms with van der Waals surface area (Å²) in [5.74, 6) is 1.08. The normalized spacial score (nSPS) is 13.8. The molecule has 0 fully saturated rings. The SMILES string of the molecule is CN(Cc1ccc(N)cc1)c1ncnc2c1CCCC2. The van der Waals surface area contributed by atoms with E-state index in [2.05, 4.69) is 34.0 Å². The summed E-state index contributed by atoms with van der Waals surface area (Å²) in [6, 6.07) is 8.02. The van der Waals surface area contributed by atoms with Crippen molar-refractivity contribution in [3.8, 4) is 0 Å². The molecule has 2 aromatic rings. The number of fused-ring (bicyclic) bond motifs is 1. The van der Waals surface area contributed by atoms with Gasteiger partial charge in [-0.15, -0.1) is 0 Å². The van der Waals surface area contributed by atoms with Gasteiger partial charge in [0, 0.05) is 30.5 Å². The summed E-state index contributed by atoms with van der Waals surface area (Å²) in [4.78, 5) is 11.1. The van der Waals surface area contributed by atoms with E-state index in [9.17, 15) is 0 Å². The zero-order valence-corrected chi connectivity index (χ0v) is 11.8. The lowest BCUT2D eigenvalue weighted by Gasteiger charge is -2.24. The van der Waals surface area contributed by atoms with Gasteiger partial charge in [-0.3, -0.25) is 0 Å². The van der Waals surface area contributed by atoms with Crippen LogP contribution in [-0.2, 0) is 19.4 Å². The van der Waals surface area contributed by atoms with Crippen LogP contribution in [0.5, 0.6) is 0 Å². The van der Waals surface area contributed by atoms with E-state index in [0.717, 1.165) is 30.9 Å². The van der Waals surface area contributed by atoms with Crippen molar-refractivity contribution in [3.05, 3.63) is 47.4 Å². The van der Waals surface area contributed by atoms with Crippen molar-refractivity contribution in [1.29, 1.82) is 0 Å². The van der Waals surface area contributed by atoms with Crippen LogP contribution < -0.4 is 10.6 Å². The summed E-state index contributed by atoms with van der Waals surface area (Å²) in [5, 5.41) is 0. The van der Waals surface area contributed by atoms with Crippen molar-refractivity contribution in [2.75, 3.05) is 17.7 Å². The average Bonchev–Trinajstić information content (AvgIpc) is 2.49. The molecule has 0 unspecified atom stereocenters. The van der Waals surface area contributed by atoms with Crippen LogP contribution in [-0.4, -0.2) is 17.0 Å². The van der Waals surface area contributed by atoms with Crippen LogP contribution in [0.3, 0.4) is 0 Å². The van der Waals surface area contributed by atoms with E-state index in [0.29, 0.717) is 0 Å². The Morgan fingerprint density at radius 1 is 1.10 bits per heavy atom. The van der Waals surface area contributed by atoms with Gasteiger partial charge in [-0.25, -0.2) is 9.97 Å². The average molecular weight is 268 g/mol. The maximum atomic E-state index is 5.73. The number of hydrogen-bond acceptors (Lipinski definition) is 4. The van der Waals surface area contributed by atoms with E-state index < -0.39 is 0 Å². The van der Waals surface area contributed by atoms with Gasteiger partial charge in [0.25, 0.3) is 0 Å². The fraction of sp³-hybridized carbons (Fsp3) is 0.375. The summed E-state index contributed by atoms with van der Waals surface area (Å²) in [7, 11) is 2.09. The minimum absolute atomic E-state index is 0.802. The number of aryl methyl sites for hydroxylation is 1. The van der Waals surface area contributed by atoms with E-state index in [4.69, 9.17) is 5.73 Å². The Kier molecular flexibility index (Phi) is 3.54. The molecule has 4 heteroatoms. The van der Waals surface area contributed by atoms with Crippen LogP contribution in [0, 0.1) is 0 Å². The molecule has 1 aromatic heterocycles. The molecule has 0 aliphatic heterocycles. The number of nitrogen functional groups attached to an aromatic ring is 1. The second-order valence-electron chi connectivity index (χ2n) is 5.43. The number of rotatable bonds is 3. The van der Waals surface area contributed by atoms with Gasteiger partial charge in [-0.1, -0.05) is 12.1 Å². The van der Waals surface area contributed by atoms with Crippen molar-refractivity contribution >= 4 is 11.5 Å². The van der Waals surface area contributed by atoms with Crippen molar-refractivity contribution < 1.29 is 0 Å². The predicted molar refractivity (Wildman–Crippen MR) is 81.6 cm³/mol. The monoisotopic (exact) mass is 268 g/mol. The molecule has 0 saturated heterocycles. The highest BCUT2D eigenvalue weighted by Gasteiger charge is 2.17. The lowest BCUT2D eigenvalue weighted by molar-refractivity contribution is 0.658. The fourth-order valence-electron chi connectivity index (χ4n) is 2.80. The molecule has 0 radical (unpaired) electrons. The molecule has 0 amide bonds. The van der Waals surface area contributed by atoms with Gasteiger partial charge in [0.2, 0.25) is 0 Å². The maximum Gasteiger partial charge on any atom is 0.135 e. The first kappa shape index (κ1) is 12.9. The molecule has 20 heavy (non-hydrogen) atoms. The summed E-state index contributed by atoms with van der Waals surface area (Å²) in [6.07, 6.45) is 6.35. The predicted octanol–water partition coefficient (Wildman–Crippen LogP) is 2.57. The highest BCUT2D eigenvalue weighted by Crippen LogP contribution is 2.27. The lowest BCUT2D eigenvalue weighted by atomic mass is 9.96. The van der Waals surface area contributed by atoms with Crippen LogP contribution >= 0.6 is 0 Å². The Bertz CT molecular complexity index is 592. The topological polar surface area (TPSA) is 55.0 Å². The molecule has 4 nitrogen and oxygen atoms in total. The number of anilines is 2. The summed E-state index contributed by atoms with van der Waals surface area (Å²) >= 11 is 0. The van der Waals surface area contributed by atoms with Gasteiger partial charge in [0.05, 0.1) is 0 Å². The molecule has 0 saturated carbocycles. The Hall–Kier alpha value is -2.10. The molecule has 0 atom stereocenters. The van der Waals surface area contributed by atoms with E-state index >= 15 is 0 Å². The van der Waals surface area contributed by atoms with Gasteiger partial charge in [-0.2, -0.15) is 0 Å². The standard InChI is InChI=1S/C16H20N4/c1-20(10-12-6-8-13(17)9-7-12)16-14-4-2-3-5-15(14)18-11-19-16/h6-9,11H,2-5,10,17H2,1H3. The van der Waals surface area contributed by atoms with E-state index in [1.54, 1.807) is 6.33 Å². The minimum Gasteiger partial charge on any atom is -0.399 e. The van der Waals surface area contributed by atoms with Crippen molar-refractivity contribution in [2.24, 2.45) is 0 Å². The molecular formula is C16H20N4. The Morgan fingerprint density at radius 2 is 1.85 bits per heavy atom. The van der Waals surface area contributed by atoms with E-state index in [1.807, 2.05) is 12.1 Å². The minimum atomic E-state index is 0.802. The van der Waals surface area contributed by atoms with Crippen LogP contribution in [0.2, 0.25) is 0 Å². The maximum absolute atomic E-state index is 5.73. The summed E-state index contributed by atoms with van der Waals surface area (Å²) < 4.78 is 0. The summed E-state index contributed by atoms with van der Waals surface area (Å²) in [5.41, 5.74) is 10.3. The van der Waals surface area contributed by atoms with Crippen molar-refractivity contribution in [1.82, 2.24) is 9.97 Å². The first-order chi connectivity index (χ1) is 9.74. The van der Waals surface area contributed by atoms with E-state index in [1.165, 1.54) is 29.7 Å². The highest BCUT2D eigenvalue weighted by molar-refractivity contribution is 5.50. The van der Waals surface area contributed by atoms with Gasteiger partial charge in [0.15, 0.2) is 0 Å². The second-order valence-corrected chi connectivity index (χ2v) is 5.43. The largest absolute Gasteiger partial charge is 0.399 e. The molecule has 104 valence electrons. The first-order valence-electron chi connectivity index (χ1n) is 7.12. The zero-order valence-electron chi connectivity index (χ0n) is 11.8. The molecule has 1 aromatic carbocycles. The van der Waals surface area contributed by atoms with Crippen molar-refractivity contribution in [2.45, 2.75) is 32.2 Å². The zero-order chi connectivity index (χ0) is 13.9. The smallest absolute Gasteiger partial charge is 0.135 e. The number of nitrogens with two attached hydrogens (primary N) is 1. The molecule has 0 bridgehead atoms.